The van der Waals surface area contributed by atoms with Gasteiger partial charge in [-0.2, -0.15) is 5.26 Å². The second-order valence-electron chi connectivity index (χ2n) is 4.98. The Morgan fingerprint density at radius 3 is 2.61 bits per heavy atom. The Labute approximate surface area is 144 Å². The molecule has 0 saturated heterocycles. The van der Waals surface area contributed by atoms with Crippen LogP contribution in [0.5, 0.6) is 5.75 Å². The Morgan fingerprint density at radius 1 is 1.26 bits per heavy atom. The van der Waals surface area contributed by atoms with Crippen LogP contribution in [0, 0.1) is 11.3 Å². The molecular weight excluding hydrogens is 356 g/mol. The maximum absolute atomic E-state index is 12.1. The number of benzene rings is 2. The van der Waals surface area contributed by atoms with Gasteiger partial charge in [0.2, 0.25) is 0 Å². The fourth-order valence-electron chi connectivity index (χ4n) is 2.18. The zero-order chi connectivity index (χ0) is 16.7. The third kappa shape index (κ3) is 4.83. The van der Waals surface area contributed by atoms with Gasteiger partial charge in [-0.1, -0.05) is 47.1 Å². The normalized spacial score (nSPS) is 11.3. The number of ether oxygens (including phenoxy) is 1. The van der Waals surface area contributed by atoms with Crippen LogP contribution in [0.1, 0.15) is 30.5 Å². The molecule has 0 fully saturated rings. The van der Waals surface area contributed by atoms with Gasteiger partial charge in [0.05, 0.1) is 11.6 Å². The molecule has 0 radical (unpaired) electrons. The Balaban J connectivity index is 1.95. The molecule has 1 N–H and O–H groups in total. The van der Waals surface area contributed by atoms with Crippen molar-refractivity contribution in [1.82, 2.24) is 5.32 Å². The average molecular weight is 373 g/mol. The van der Waals surface area contributed by atoms with Crippen molar-refractivity contribution in [1.29, 1.82) is 5.26 Å². The van der Waals surface area contributed by atoms with Crippen LogP contribution in [-0.2, 0) is 4.79 Å². The van der Waals surface area contributed by atoms with E-state index in [9.17, 15) is 4.79 Å². The minimum Gasteiger partial charge on any atom is -0.482 e. The van der Waals surface area contributed by atoms with E-state index in [4.69, 9.17) is 10.00 Å². The number of nitrogens with zero attached hydrogens (tertiary/aromatic N) is 1. The second-order valence-corrected chi connectivity index (χ2v) is 5.89. The highest BCUT2D eigenvalue weighted by Crippen LogP contribution is 2.20. The first-order chi connectivity index (χ1) is 11.1. The van der Waals surface area contributed by atoms with Gasteiger partial charge in [0.15, 0.2) is 6.61 Å². The quantitative estimate of drug-likeness (QED) is 0.834. The summed E-state index contributed by atoms with van der Waals surface area (Å²) >= 11 is 3.40. The Hall–Kier alpha value is -2.32. The lowest BCUT2D eigenvalue weighted by Crippen LogP contribution is -2.32. The Morgan fingerprint density at radius 2 is 1.96 bits per heavy atom. The van der Waals surface area contributed by atoms with Crippen LogP contribution in [0.3, 0.4) is 0 Å². The third-order valence-corrected chi connectivity index (χ3v) is 3.91. The van der Waals surface area contributed by atoms with Crippen molar-refractivity contribution in [3.63, 3.8) is 0 Å². The van der Waals surface area contributed by atoms with Crippen molar-refractivity contribution in [2.24, 2.45) is 0 Å². The van der Waals surface area contributed by atoms with Crippen LogP contribution in [0.4, 0.5) is 0 Å². The van der Waals surface area contributed by atoms with Gasteiger partial charge >= 0.3 is 0 Å². The molecule has 1 atom stereocenters. The van der Waals surface area contributed by atoms with Gasteiger partial charge in [0, 0.05) is 4.47 Å². The number of para-hydroxylation sites is 1. The molecule has 2 aromatic rings. The molecule has 118 valence electrons. The number of nitrogens with one attached hydrogen (secondary N) is 1. The summed E-state index contributed by atoms with van der Waals surface area (Å²) in [7, 11) is 0. The molecular formula is C18H17BrN2O2. The van der Waals surface area contributed by atoms with Gasteiger partial charge in [0.1, 0.15) is 11.8 Å². The van der Waals surface area contributed by atoms with Gasteiger partial charge in [0.25, 0.3) is 5.91 Å². The summed E-state index contributed by atoms with van der Waals surface area (Å²) < 4.78 is 6.45. The minimum atomic E-state index is -0.215. The summed E-state index contributed by atoms with van der Waals surface area (Å²) in [4.78, 5) is 12.1. The Kier molecular flexibility index (Phi) is 6.19. The molecule has 0 saturated carbocycles. The lowest BCUT2D eigenvalue weighted by atomic mass is 10.0. The fraction of sp³-hybridized carbons (Fsp3) is 0.222. The number of carbonyl (C=O) groups is 1. The highest BCUT2D eigenvalue weighted by molar-refractivity contribution is 9.10. The van der Waals surface area contributed by atoms with Crippen molar-refractivity contribution >= 4 is 21.8 Å². The van der Waals surface area contributed by atoms with Gasteiger partial charge in [-0.3, -0.25) is 4.79 Å². The zero-order valence-corrected chi connectivity index (χ0v) is 14.3. The number of hydrogen-bond donors (Lipinski definition) is 1. The monoisotopic (exact) mass is 372 g/mol. The zero-order valence-electron chi connectivity index (χ0n) is 12.8. The van der Waals surface area contributed by atoms with Crippen molar-refractivity contribution < 1.29 is 9.53 Å². The van der Waals surface area contributed by atoms with Crippen LogP contribution in [-0.4, -0.2) is 12.5 Å². The smallest absolute Gasteiger partial charge is 0.258 e. The minimum absolute atomic E-state index is 0.0644. The van der Waals surface area contributed by atoms with E-state index in [1.54, 1.807) is 24.3 Å². The van der Waals surface area contributed by atoms with Gasteiger partial charge in [-0.05, 0) is 36.2 Å². The predicted octanol–water partition coefficient (Wildman–Crippen LogP) is 3.97. The summed E-state index contributed by atoms with van der Waals surface area (Å²) in [5.74, 6) is 0.203. The standard InChI is InChI=1S/C18H17BrN2O2/c1-2-16(13-7-9-15(19)10-8-13)21-18(22)12-23-17-6-4-3-5-14(17)11-20/h3-10,16H,2,12H2,1H3,(H,21,22)/t16-/m1/s1. The van der Waals surface area contributed by atoms with Crippen LogP contribution in [0.25, 0.3) is 0 Å². The molecule has 0 spiro atoms. The van der Waals surface area contributed by atoms with E-state index in [0.29, 0.717) is 11.3 Å². The third-order valence-electron chi connectivity index (χ3n) is 3.38. The van der Waals surface area contributed by atoms with E-state index in [-0.39, 0.29) is 18.6 Å². The average Bonchev–Trinajstić information content (AvgIpc) is 2.59. The molecule has 0 unspecified atom stereocenters. The van der Waals surface area contributed by atoms with E-state index in [1.807, 2.05) is 37.3 Å². The van der Waals surface area contributed by atoms with Crippen molar-refractivity contribution in [2.45, 2.75) is 19.4 Å². The summed E-state index contributed by atoms with van der Waals surface area (Å²) in [6.45, 7) is 1.89. The number of hydrogen-bond acceptors (Lipinski definition) is 3. The molecule has 0 aliphatic rings. The lowest BCUT2D eigenvalue weighted by molar-refractivity contribution is -0.123. The first-order valence-corrected chi connectivity index (χ1v) is 8.10. The van der Waals surface area contributed by atoms with E-state index >= 15 is 0 Å². The number of nitriles is 1. The topological polar surface area (TPSA) is 62.1 Å². The number of rotatable bonds is 6. The molecule has 0 bridgehead atoms. The SMILES string of the molecule is CC[C@@H](NC(=O)COc1ccccc1C#N)c1ccc(Br)cc1. The summed E-state index contributed by atoms with van der Waals surface area (Å²) in [6.07, 6.45) is 0.780. The van der Waals surface area contributed by atoms with Gasteiger partial charge in [-0.15, -0.1) is 0 Å². The second kappa shape index (κ2) is 8.35. The summed E-state index contributed by atoms with van der Waals surface area (Å²) in [5.41, 5.74) is 1.46. The molecule has 5 heteroatoms. The molecule has 0 aliphatic heterocycles. The van der Waals surface area contributed by atoms with Crippen LogP contribution >= 0.6 is 15.9 Å². The summed E-state index contributed by atoms with van der Waals surface area (Å²) in [6, 6.07) is 16.7. The number of amides is 1. The first kappa shape index (κ1) is 17.0. The van der Waals surface area contributed by atoms with Crippen LogP contribution < -0.4 is 10.1 Å². The molecule has 2 rings (SSSR count). The predicted molar refractivity (Wildman–Crippen MR) is 92.0 cm³/mol. The van der Waals surface area contributed by atoms with Crippen LogP contribution in [0.15, 0.2) is 53.0 Å². The van der Waals surface area contributed by atoms with E-state index in [1.165, 1.54) is 0 Å². The highest BCUT2D eigenvalue weighted by Gasteiger charge is 2.13. The molecule has 2 aromatic carbocycles. The molecule has 23 heavy (non-hydrogen) atoms. The van der Waals surface area contributed by atoms with Crippen molar-refractivity contribution in [3.8, 4) is 11.8 Å². The molecule has 0 aliphatic carbocycles. The highest BCUT2D eigenvalue weighted by atomic mass is 79.9. The number of halogens is 1. The maximum Gasteiger partial charge on any atom is 0.258 e. The van der Waals surface area contributed by atoms with E-state index in [2.05, 4.69) is 21.2 Å². The van der Waals surface area contributed by atoms with E-state index in [0.717, 1.165) is 16.5 Å². The fourth-order valence-corrected chi connectivity index (χ4v) is 2.44. The van der Waals surface area contributed by atoms with Crippen molar-refractivity contribution in [2.75, 3.05) is 6.61 Å². The summed E-state index contributed by atoms with van der Waals surface area (Å²) in [5, 5.41) is 12.0. The first-order valence-electron chi connectivity index (χ1n) is 7.30. The van der Waals surface area contributed by atoms with Gasteiger partial charge < -0.3 is 10.1 Å². The Bertz CT molecular complexity index is 708. The number of carbonyl (C=O) groups excluding carboxylic acids is 1. The van der Waals surface area contributed by atoms with Crippen LogP contribution in [0.2, 0.25) is 0 Å². The lowest BCUT2D eigenvalue weighted by Gasteiger charge is -2.18. The van der Waals surface area contributed by atoms with Crippen molar-refractivity contribution in [3.05, 3.63) is 64.1 Å². The van der Waals surface area contributed by atoms with E-state index < -0.39 is 0 Å². The largest absolute Gasteiger partial charge is 0.482 e. The molecule has 4 nitrogen and oxygen atoms in total. The molecule has 0 aromatic heterocycles. The van der Waals surface area contributed by atoms with Gasteiger partial charge in [-0.25, -0.2) is 0 Å². The molecule has 1 amide bonds. The maximum atomic E-state index is 12.1. The molecule has 0 heterocycles.